The Bertz CT molecular complexity index is 2230. The Labute approximate surface area is 230 Å². The van der Waals surface area contributed by atoms with E-state index in [0.717, 1.165) is 38.3 Å². The molecule has 212 valence electrons. The van der Waals surface area contributed by atoms with Crippen molar-refractivity contribution >= 4 is 56.4 Å². The Hall–Kier alpha value is -6.18. The average Bonchev–Trinajstić information content (AvgIpc) is 2.89. The van der Waals surface area contributed by atoms with Crippen molar-refractivity contribution in [2.24, 2.45) is 0 Å². The second-order valence-electron chi connectivity index (χ2n) is 9.17. The van der Waals surface area contributed by atoms with Gasteiger partial charge in [-0.05, 0) is 19.9 Å². The van der Waals surface area contributed by atoms with Crippen molar-refractivity contribution in [3.63, 3.8) is 0 Å². The molecule has 42 heavy (non-hydrogen) atoms. The van der Waals surface area contributed by atoms with Gasteiger partial charge in [-0.3, -0.25) is 19.2 Å². The number of carboxylic acids is 2. The highest BCUT2D eigenvalue weighted by Gasteiger charge is 2.31. The first-order chi connectivity index (χ1) is 19.7. The van der Waals surface area contributed by atoms with Crippen LogP contribution in [0.25, 0.3) is 44.0 Å². The van der Waals surface area contributed by atoms with Crippen molar-refractivity contribution in [3.8, 4) is 34.1 Å². The van der Waals surface area contributed by atoms with E-state index in [2.05, 4.69) is 0 Å². The Morgan fingerprint density at radius 2 is 1.21 bits per heavy atom. The first-order valence-corrected chi connectivity index (χ1v) is 11.7. The van der Waals surface area contributed by atoms with Crippen molar-refractivity contribution in [3.05, 3.63) is 67.2 Å². The number of hydrogen-bond acceptors (Lipinski definition) is 12. The van der Waals surface area contributed by atoms with E-state index in [-0.39, 0.29) is 0 Å². The van der Waals surface area contributed by atoms with E-state index in [4.69, 9.17) is 8.83 Å². The number of carbonyl (C=O) groups excluding carboxylic acids is 2. The Morgan fingerprint density at radius 1 is 0.690 bits per heavy atom. The number of carbonyl (C=O) groups is 4. The summed E-state index contributed by atoms with van der Waals surface area (Å²) in [4.78, 5) is 77.0. The molecule has 3 aromatic carbocycles. The van der Waals surface area contributed by atoms with E-state index in [1.165, 1.54) is 0 Å². The highest BCUT2D eigenvalue weighted by atomic mass is 16.4. The number of fused-ring (bicyclic) bond motifs is 3. The lowest BCUT2D eigenvalue weighted by molar-refractivity contribution is 0.0684. The molecule has 2 heterocycles. The maximum atomic E-state index is 13.7. The lowest BCUT2D eigenvalue weighted by atomic mass is 9.88. The summed E-state index contributed by atoms with van der Waals surface area (Å²) >= 11 is 0. The normalized spacial score (nSPS) is 11.3. The Balaban J connectivity index is 2.06. The minimum Gasteiger partial charge on any atom is -0.504 e. The molecule has 2 aromatic heterocycles. The van der Waals surface area contributed by atoms with Gasteiger partial charge in [0.25, 0.3) is 0 Å². The molecular formula is C28H16O14. The van der Waals surface area contributed by atoms with Crippen LogP contribution in [0.2, 0.25) is 0 Å². The van der Waals surface area contributed by atoms with Gasteiger partial charge in [0.2, 0.25) is 10.9 Å². The third-order valence-electron chi connectivity index (χ3n) is 6.65. The summed E-state index contributed by atoms with van der Waals surface area (Å²) in [7, 11) is 0. The highest BCUT2D eigenvalue weighted by molar-refractivity contribution is 6.19. The van der Waals surface area contributed by atoms with Crippen LogP contribution >= 0.6 is 0 Å². The summed E-state index contributed by atoms with van der Waals surface area (Å²) in [5.74, 6) is -9.43. The van der Waals surface area contributed by atoms with Crippen LogP contribution in [-0.2, 0) is 0 Å². The van der Waals surface area contributed by atoms with Gasteiger partial charge in [0, 0.05) is 23.3 Å². The summed E-state index contributed by atoms with van der Waals surface area (Å²) in [6.07, 6.45) is 0.776. The summed E-state index contributed by atoms with van der Waals surface area (Å²) in [6, 6.07) is 2.45. The summed E-state index contributed by atoms with van der Waals surface area (Å²) in [5.41, 5.74) is -7.79. The average molecular weight is 576 g/mol. The Kier molecular flexibility index (Phi) is 6.00. The zero-order valence-electron chi connectivity index (χ0n) is 21.3. The van der Waals surface area contributed by atoms with Gasteiger partial charge >= 0.3 is 11.9 Å². The number of phenols is 4. The van der Waals surface area contributed by atoms with Gasteiger partial charge in [0.05, 0.1) is 27.3 Å². The number of Topliss-reactive ketones (excluding diaryl/α,β-unsaturated/α-hetero) is 2. The molecule has 14 heteroatoms. The lowest BCUT2D eigenvalue weighted by Crippen LogP contribution is -2.16. The van der Waals surface area contributed by atoms with Crippen molar-refractivity contribution in [1.29, 1.82) is 0 Å². The van der Waals surface area contributed by atoms with E-state index in [1.807, 2.05) is 0 Å². The quantitative estimate of drug-likeness (QED) is 0.0997. The zero-order chi connectivity index (χ0) is 30.9. The molecule has 0 atom stereocenters. The predicted molar refractivity (Wildman–Crippen MR) is 142 cm³/mol. The number of aromatic carboxylic acids is 2. The van der Waals surface area contributed by atoms with E-state index in [9.17, 15) is 59.4 Å². The van der Waals surface area contributed by atoms with Crippen molar-refractivity contribution < 1.29 is 58.7 Å². The van der Waals surface area contributed by atoms with E-state index >= 15 is 0 Å². The molecule has 0 amide bonds. The lowest BCUT2D eigenvalue weighted by Gasteiger charge is -2.16. The molecule has 0 bridgehead atoms. The summed E-state index contributed by atoms with van der Waals surface area (Å²) in [5, 5.41) is 57.6. The molecule has 0 aliphatic heterocycles. The fourth-order valence-corrected chi connectivity index (χ4v) is 4.87. The molecule has 0 unspecified atom stereocenters. The maximum absolute atomic E-state index is 13.7. The van der Waals surface area contributed by atoms with Crippen molar-refractivity contribution in [2.75, 3.05) is 0 Å². The summed E-state index contributed by atoms with van der Waals surface area (Å²) < 4.78 is 11.1. The van der Waals surface area contributed by atoms with Gasteiger partial charge in [0.1, 0.15) is 34.1 Å². The fourth-order valence-electron chi connectivity index (χ4n) is 4.87. The van der Waals surface area contributed by atoms with Gasteiger partial charge in [-0.1, -0.05) is 0 Å². The van der Waals surface area contributed by atoms with Crippen LogP contribution in [0.1, 0.15) is 55.3 Å². The standard InChI is InChI=1S/C28H16O14/c1-7(29)9-3-10-22(33)19-15(5-13(32)25(36)21(19)28(39)40)42-26(10)16(8(2)30)17(9)11-6-41-14-4-12(31)24(35)20(27(37)38)18(14)23(11)34/h3-6,31-32,35-36H,1-2H3,(H,37,38)(H,39,40). The summed E-state index contributed by atoms with van der Waals surface area (Å²) in [6.45, 7) is 2.03. The maximum Gasteiger partial charge on any atom is 0.340 e. The van der Waals surface area contributed by atoms with Gasteiger partial charge < -0.3 is 39.5 Å². The molecule has 14 nitrogen and oxygen atoms in total. The molecule has 0 aliphatic carbocycles. The van der Waals surface area contributed by atoms with Crippen LogP contribution in [-0.4, -0.2) is 54.1 Å². The van der Waals surface area contributed by atoms with Crippen molar-refractivity contribution in [2.45, 2.75) is 13.8 Å². The fraction of sp³-hybridized carbons (Fsp3) is 0.0714. The van der Waals surface area contributed by atoms with E-state index in [1.54, 1.807) is 0 Å². The number of ketones is 2. The number of carboxylic acid groups (broad SMARTS) is 2. The molecule has 0 spiro atoms. The molecule has 0 saturated heterocycles. The molecule has 5 aromatic rings. The molecule has 6 N–H and O–H groups in total. The van der Waals surface area contributed by atoms with Gasteiger partial charge in [-0.15, -0.1) is 0 Å². The second kappa shape index (κ2) is 9.19. The number of hydrogen-bond donors (Lipinski definition) is 6. The molecule has 0 saturated carbocycles. The van der Waals surface area contributed by atoms with Gasteiger partial charge in [-0.25, -0.2) is 9.59 Å². The van der Waals surface area contributed by atoms with Gasteiger partial charge in [0.15, 0.2) is 34.6 Å². The van der Waals surface area contributed by atoms with Crippen LogP contribution in [0.15, 0.2) is 42.9 Å². The topological polar surface area (TPSA) is 250 Å². The van der Waals surface area contributed by atoms with Crippen LogP contribution in [0.3, 0.4) is 0 Å². The number of benzene rings is 3. The first-order valence-electron chi connectivity index (χ1n) is 11.7. The number of rotatable bonds is 5. The first kappa shape index (κ1) is 27.4. The molecule has 0 radical (unpaired) electrons. The van der Waals surface area contributed by atoms with Crippen LogP contribution in [0.5, 0.6) is 23.0 Å². The minimum atomic E-state index is -1.82. The van der Waals surface area contributed by atoms with Crippen molar-refractivity contribution in [1.82, 2.24) is 0 Å². The predicted octanol–water partition coefficient (Wildman–Crippen LogP) is 3.34. The minimum absolute atomic E-state index is 0.425. The molecule has 0 aliphatic rings. The van der Waals surface area contributed by atoms with Crippen LogP contribution < -0.4 is 10.9 Å². The third-order valence-corrected chi connectivity index (χ3v) is 6.65. The van der Waals surface area contributed by atoms with Gasteiger partial charge in [-0.2, -0.15) is 0 Å². The highest BCUT2D eigenvalue weighted by Crippen LogP contribution is 2.40. The SMILES string of the molecule is CC(=O)c1cc2c(=O)c3c(C(=O)O)c(O)c(O)cc3oc2c(C(C)=O)c1-c1coc2cc(O)c(O)c(C(=O)O)c2c1=O. The van der Waals surface area contributed by atoms with Crippen LogP contribution in [0, 0.1) is 0 Å². The third kappa shape index (κ3) is 3.73. The second-order valence-corrected chi connectivity index (χ2v) is 9.17. The number of phenolic OH excluding ortho intramolecular Hbond substituents is 2. The molecule has 5 rings (SSSR count). The molecule has 0 fully saturated rings. The smallest absolute Gasteiger partial charge is 0.340 e. The number of aromatic hydroxyl groups is 4. The Morgan fingerprint density at radius 3 is 1.71 bits per heavy atom. The largest absolute Gasteiger partial charge is 0.504 e. The monoisotopic (exact) mass is 576 g/mol. The molecular weight excluding hydrogens is 560 g/mol. The zero-order valence-corrected chi connectivity index (χ0v) is 21.3. The van der Waals surface area contributed by atoms with E-state index < -0.39 is 124 Å². The van der Waals surface area contributed by atoms with E-state index in [0.29, 0.717) is 0 Å². The van der Waals surface area contributed by atoms with Crippen LogP contribution in [0.4, 0.5) is 0 Å².